The number of hydrogen-bond donors (Lipinski definition) is 1. The number of aromatic nitrogens is 1. The number of rotatable bonds is 3. The molecule has 90 valence electrons. The maximum absolute atomic E-state index is 9.35. The van der Waals surface area contributed by atoms with Gasteiger partial charge in [-0.1, -0.05) is 6.42 Å². The van der Waals surface area contributed by atoms with E-state index in [1.165, 1.54) is 19.3 Å². The fraction of sp³-hybridized carbons (Fsp3) is 0.750. The van der Waals surface area contributed by atoms with Gasteiger partial charge in [-0.3, -0.25) is 0 Å². The highest BCUT2D eigenvalue weighted by Gasteiger charge is 2.21. The van der Waals surface area contributed by atoms with Gasteiger partial charge in [0.25, 0.3) is 0 Å². The molecule has 16 heavy (non-hydrogen) atoms. The lowest BCUT2D eigenvalue weighted by Crippen LogP contribution is -2.37. The lowest BCUT2D eigenvalue weighted by Gasteiger charge is -2.31. The van der Waals surface area contributed by atoms with Crippen molar-refractivity contribution in [3.63, 3.8) is 0 Å². The Balaban J connectivity index is 1.97. The van der Waals surface area contributed by atoms with Crippen LogP contribution in [-0.4, -0.2) is 34.6 Å². The lowest BCUT2D eigenvalue weighted by molar-refractivity contribution is 0.156. The van der Waals surface area contributed by atoms with Gasteiger partial charge in [0.2, 0.25) is 0 Å². The molecule has 0 bridgehead atoms. The van der Waals surface area contributed by atoms with Gasteiger partial charge in [0.15, 0.2) is 11.7 Å². The Morgan fingerprint density at radius 3 is 3.06 bits per heavy atom. The van der Waals surface area contributed by atoms with Crippen molar-refractivity contribution in [2.45, 2.75) is 44.8 Å². The Morgan fingerprint density at radius 2 is 2.44 bits per heavy atom. The summed E-state index contributed by atoms with van der Waals surface area (Å²) in [4.78, 5) is 6.58. The van der Waals surface area contributed by atoms with Crippen LogP contribution in [0.4, 0.5) is 0 Å². The Kier molecular flexibility index (Phi) is 3.61. The van der Waals surface area contributed by atoms with Crippen LogP contribution in [0.5, 0.6) is 0 Å². The summed E-state index contributed by atoms with van der Waals surface area (Å²) in [7, 11) is 2.16. The van der Waals surface area contributed by atoms with Crippen molar-refractivity contribution in [3.05, 3.63) is 17.8 Å². The van der Waals surface area contributed by atoms with Gasteiger partial charge in [-0.05, 0) is 33.4 Å². The quantitative estimate of drug-likeness (QED) is 0.850. The number of nitrogens with zero attached hydrogens (tertiary/aromatic N) is 2. The minimum absolute atomic E-state index is 0.536. The number of likely N-dealkylation sites (N-methyl/N-ethyl adjacent to an activating group) is 1. The fourth-order valence-corrected chi connectivity index (χ4v) is 2.22. The third kappa shape index (κ3) is 2.62. The number of likely N-dealkylation sites (tertiary alicyclic amines) is 1. The predicted octanol–water partition coefficient (Wildman–Crippen LogP) is 1.75. The van der Waals surface area contributed by atoms with E-state index in [4.69, 9.17) is 4.42 Å². The molecule has 0 amide bonds. The van der Waals surface area contributed by atoms with Crippen molar-refractivity contribution in [3.8, 4) is 0 Å². The van der Waals surface area contributed by atoms with Crippen LogP contribution in [0.25, 0.3) is 0 Å². The molecule has 4 heteroatoms. The SMILES string of the molecule is CC(O)c1cnc(CC2CCCCN2C)o1. The second-order valence-electron chi connectivity index (χ2n) is 4.67. The van der Waals surface area contributed by atoms with Crippen molar-refractivity contribution in [1.29, 1.82) is 0 Å². The van der Waals surface area contributed by atoms with Crippen LogP contribution in [-0.2, 0) is 6.42 Å². The van der Waals surface area contributed by atoms with Crippen LogP contribution < -0.4 is 0 Å². The Labute approximate surface area is 96.3 Å². The summed E-state index contributed by atoms with van der Waals surface area (Å²) in [6.45, 7) is 2.85. The molecule has 1 fully saturated rings. The second-order valence-corrected chi connectivity index (χ2v) is 4.67. The van der Waals surface area contributed by atoms with Gasteiger partial charge in [0, 0.05) is 12.5 Å². The van der Waals surface area contributed by atoms with Crippen LogP contribution in [0.2, 0.25) is 0 Å². The van der Waals surface area contributed by atoms with E-state index in [0.717, 1.165) is 18.9 Å². The topological polar surface area (TPSA) is 49.5 Å². The largest absolute Gasteiger partial charge is 0.443 e. The first kappa shape index (κ1) is 11.6. The zero-order valence-electron chi connectivity index (χ0n) is 10.0. The summed E-state index contributed by atoms with van der Waals surface area (Å²) in [6.07, 6.45) is 5.70. The standard InChI is InChI=1S/C12H20N2O2/c1-9(15)11-8-13-12(16-11)7-10-5-3-4-6-14(10)2/h8-10,15H,3-7H2,1-2H3. The van der Waals surface area contributed by atoms with Gasteiger partial charge in [-0.2, -0.15) is 0 Å². The van der Waals surface area contributed by atoms with Gasteiger partial charge >= 0.3 is 0 Å². The molecule has 1 aliphatic rings. The molecule has 2 unspecified atom stereocenters. The maximum atomic E-state index is 9.35. The first-order valence-corrected chi connectivity index (χ1v) is 5.99. The summed E-state index contributed by atoms with van der Waals surface area (Å²) >= 11 is 0. The monoisotopic (exact) mass is 224 g/mol. The molecule has 0 radical (unpaired) electrons. The molecule has 2 heterocycles. The van der Waals surface area contributed by atoms with Crippen LogP contribution in [0.1, 0.15) is 43.9 Å². The van der Waals surface area contributed by atoms with E-state index in [2.05, 4.69) is 16.9 Å². The summed E-state index contributed by atoms with van der Waals surface area (Å²) < 4.78 is 5.51. The highest BCUT2D eigenvalue weighted by Crippen LogP contribution is 2.20. The summed E-state index contributed by atoms with van der Waals surface area (Å²) in [5.74, 6) is 1.31. The van der Waals surface area contributed by atoms with E-state index in [1.54, 1.807) is 13.1 Å². The van der Waals surface area contributed by atoms with Crippen LogP contribution >= 0.6 is 0 Å². The molecule has 0 saturated carbocycles. The number of piperidine rings is 1. The number of aliphatic hydroxyl groups excluding tert-OH is 1. The normalized spacial score (nSPS) is 24.6. The van der Waals surface area contributed by atoms with Gasteiger partial charge in [0.05, 0.1) is 6.20 Å². The molecule has 1 aromatic rings. The number of oxazole rings is 1. The Bertz CT molecular complexity index is 336. The number of aliphatic hydroxyl groups is 1. The van der Waals surface area contributed by atoms with E-state index < -0.39 is 6.10 Å². The minimum Gasteiger partial charge on any atom is -0.443 e. The molecule has 1 saturated heterocycles. The van der Waals surface area contributed by atoms with Gasteiger partial charge in [-0.15, -0.1) is 0 Å². The van der Waals surface area contributed by atoms with E-state index in [1.807, 2.05) is 0 Å². The molecule has 1 aliphatic heterocycles. The number of hydrogen-bond acceptors (Lipinski definition) is 4. The van der Waals surface area contributed by atoms with Gasteiger partial charge in [-0.25, -0.2) is 4.98 Å². The summed E-state index contributed by atoms with van der Waals surface area (Å²) in [6, 6.07) is 0.536. The van der Waals surface area contributed by atoms with Gasteiger partial charge in [0.1, 0.15) is 6.10 Å². The molecule has 0 aromatic carbocycles. The zero-order chi connectivity index (χ0) is 11.5. The van der Waals surface area contributed by atoms with Crippen molar-refractivity contribution in [1.82, 2.24) is 9.88 Å². The molecule has 4 nitrogen and oxygen atoms in total. The average molecular weight is 224 g/mol. The second kappa shape index (κ2) is 4.97. The fourth-order valence-electron chi connectivity index (χ4n) is 2.22. The Hall–Kier alpha value is -0.870. The minimum atomic E-state index is -0.565. The van der Waals surface area contributed by atoms with E-state index in [-0.39, 0.29) is 0 Å². The molecule has 0 spiro atoms. The highest BCUT2D eigenvalue weighted by molar-refractivity contribution is 4.98. The summed E-state index contributed by atoms with van der Waals surface area (Å²) in [5, 5.41) is 9.35. The van der Waals surface area contributed by atoms with Crippen LogP contribution in [0, 0.1) is 0 Å². The third-order valence-corrected chi connectivity index (χ3v) is 3.31. The zero-order valence-corrected chi connectivity index (χ0v) is 10.0. The predicted molar refractivity (Wildman–Crippen MR) is 61.1 cm³/mol. The molecule has 0 aliphatic carbocycles. The molecular formula is C12H20N2O2. The lowest BCUT2D eigenvalue weighted by atomic mass is 10.0. The van der Waals surface area contributed by atoms with E-state index >= 15 is 0 Å². The van der Waals surface area contributed by atoms with Crippen LogP contribution in [0.3, 0.4) is 0 Å². The Morgan fingerprint density at radius 1 is 1.62 bits per heavy atom. The van der Waals surface area contributed by atoms with Crippen molar-refractivity contribution in [2.24, 2.45) is 0 Å². The van der Waals surface area contributed by atoms with E-state index in [0.29, 0.717) is 11.8 Å². The first-order valence-electron chi connectivity index (χ1n) is 5.99. The van der Waals surface area contributed by atoms with E-state index in [9.17, 15) is 5.11 Å². The third-order valence-electron chi connectivity index (χ3n) is 3.31. The molecule has 1 N–H and O–H groups in total. The molecule has 1 aromatic heterocycles. The van der Waals surface area contributed by atoms with Crippen molar-refractivity contribution >= 4 is 0 Å². The van der Waals surface area contributed by atoms with Crippen molar-refractivity contribution < 1.29 is 9.52 Å². The molecule has 2 rings (SSSR count). The van der Waals surface area contributed by atoms with Crippen LogP contribution in [0.15, 0.2) is 10.6 Å². The van der Waals surface area contributed by atoms with Crippen molar-refractivity contribution in [2.75, 3.05) is 13.6 Å². The average Bonchev–Trinajstić information content (AvgIpc) is 2.70. The maximum Gasteiger partial charge on any atom is 0.196 e. The molecular weight excluding hydrogens is 204 g/mol. The molecule has 2 atom stereocenters. The smallest absolute Gasteiger partial charge is 0.196 e. The van der Waals surface area contributed by atoms with Gasteiger partial charge < -0.3 is 14.4 Å². The first-order chi connectivity index (χ1) is 7.66. The highest BCUT2D eigenvalue weighted by atomic mass is 16.4. The summed E-state index contributed by atoms with van der Waals surface area (Å²) in [5.41, 5.74) is 0.